The van der Waals surface area contributed by atoms with Crippen LogP contribution in [-0.2, 0) is 6.54 Å². The number of piperidine rings is 1. The van der Waals surface area contributed by atoms with Crippen molar-refractivity contribution in [1.82, 2.24) is 20.3 Å². The van der Waals surface area contributed by atoms with E-state index in [9.17, 15) is 0 Å². The van der Waals surface area contributed by atoms with Gasteiger partial charge in [0.05, 0.1) is 10.7 Å². The molecule has 0 radical (unpaired) electrons. The fourth-order valence-corrected chi connectivity index (χ4v) is 4.46. The summed E-state index contributed by atoms with van der Waals surface area (Å²) in [4.78, 5) is 12.9. The van der Waals surface area contributed by atoms with Gasteiger partial charge in [-0.3, -0.25) is 0 Å². The third kappa shape index (κ3) is 4.40. The van der Waals surface area contributed by atoms with Crippen molar-refractivity contribution in [3.63, 3.8) is 0 Å². The Morgan fingerprint density at radius 2 is 1.81 bits per heavy atom. The molecule has 0 atom stereocenters. The minimum Gasteiger partial charge on any atom is -0.366 e. The van der Waals surface area contributed by atoms with Crippen LogP contribution in [0.25, 0.3) is 22.3 Å². The summed E-state index contributed by atoms with van der Waals surface area (Å²) in [5.74, 6) is 1.30. The van der Waals surface area contributed by atoms with Crippen molar-refractivity contribution in [2.24, 2.45) is 0 Å². The van der Waals surface area contributed by atoms with Crippen LogP contribution < -0.4 is 10.6 Å². The molecule has 4 aromatic rings. The lowest BCUT2D eigenvalue weighted by atomic mass is 9.94. The van der Waals surface area contributed by atoms with Crippen LogP contribution in [0.5, 0.6) is 0 Å². The summed E-state index contributed by atoms with van der Waals surface area (Å²) in [5.41, 5.74) is 4.99. The van der Waals surface area contributed by atoms with Crippen LogP contribution in [0, 0.1) is 0 Å². The van der Waals surface area contributed by atoms with Gasteiger partial charge in [-0.05, 0) is 67.9 Å². The second-order valence-corrected chi connectivity index (χ2v) is 8.72. The van der Waals surface area contributed by atoms with E-state index in [1.807, 2.05) is 48.7 Å². The summed E-state index contributed by atoms with van der Waals surface area (Å²) >= 11 is 12.6. The van der Waals surface area contributed by atoms with Crippen LogP contribution in [0.1, 0.15) is 30.0 Å². The number of aromatic nitrogens is 3. The maximum absolute atomic E-state index is 6.58. The topological polar surface area (TPSA) is 65.6 Å². The van der Waals surface area contributed by atoms with E-state index in [0.29, 0.717) is 17.5 Å². The highest BCUT2D eigenvalue weighted by Gasteiger charge is 2.19. The minimum absolute atomic E-state index is 0.527. The lowest BCUT2D eigenvalue weighted by Gasteiger charge is -2.21. The molecule has 31 heavy (non-hydrogen) atoms. The zero-order valence-electron chi connectivity index (χ0n) is 17.0. The molecule has 5 rings (SSSR count). The third-order valence-electron chi connectivity index (χ3n) is 5.82. The van der Waals surface area contributed by atoms with E-state index < -0.39 is 0 Å². The smallest absolute Gasteiger partial charge is 0.138 e. The van der Waals surface area contributed by atoms with Crippen LogP contribution >= 0.6 is 23.2 Å². The first kappa shape index (κ1) is 20.3. The molecule has 5 nitrogen and oxygen atoms in total. The fraction of sp³-hybridized carbons (Fsp3) is 0.250. The van der Waals surface area contributed by atoms with Gasteiger partial charge >= 0.3 is 0 Å². The normalized spacial score (nSPS) is 14.8. The van der Waals surface area contributed by atoms with Gasteiger partial charge in [-0.15, -0.1) is 0 Å². The molecule has 0 spiro atoms. The Bertz CT molecular complexity index is 1200. The highest BCUT2D eigenvalue weighted by molar-refractivity contribution is 6.33. The summed E-state index contributed by atoms with van der Waals surface area (Å²) in [7, 11) is 0. The molecule has 0 amide bonds. The number of halogens is 2. The van der Waals surface area contributed by atoms with Crippen molar-refractivity contribution < 1.29 is 0 Å². The van der Waals surface area contributed by atoms with E-state index in [1.54, 1.807) is 0 Å². The number of H-pyrrole nitrogens is 1. The first-order chi connectivity index (χ1) is 15.2. The minimum atomic E-state index is 0.527. The molecule has 0 bridgehead atoms. The highest BCUT2D eigenvalue weighted by Crippen LogP contribution is 2.35. The quantitative estimate of drug-likeness (QED) is 0.347. The van der Waals surface area contributed by atoms with Crippen LogP contribution in [0.3, 0.4) is 0 Å². The molecular weight excluding hydrogens is 429 g/mol. The number of pyridine rings is 2. The number of anilines is 1. The van der Waals surface area contributed by atoms with E-state index >= 15 is 0 Å². The monoisotopic (exact) mass is 451 g/mol. The SMILES string of the molecule is Clc1ccc(CNc2ccc(Cl)c(-c3ccnc4[nH]c(C5CCNCC5)cc34)n2)cc1. The number of benzene rings is 1. The van der Waals surface area contributed by atoms with Gasteiger partial charge in [-0.2, -0.15) is 0 Å². The highest BCUT2D eigenvalue weighted by atomic mass is 35.5. The van der Waals surface area contributed by atoms with E-state index in [4.69, 9.17) is 28.2 Å². The van der Waals surface area contributed by atoms with Gasteiger partial charge in [0.25, 0.3) is 0 Å². The molecule has 158 valence electrons. The number of hydrogen-bond donors (Lipinski definition) is 3. The van der Waals surface area contributed by atoms with Gasteiger partial charge in [0.2, 0.25) is 0 Å². The molecule has 0 unspecified atom stereocenters. The zero-order valence-corrected chi connectivity index (χ0v) is 18.5. The molecule has 1 aromatic carbocycles. The molecule has 0 aliphatic carbocycles. The molecule has 1 aliphatic heterocycles. The fourth-order valence-electron chi connectivity index (χ4n) is 4.13. The second kappa shape index (κ2) is 8.87. The van der Waals surface area contributed by atoms with Gasteiger partial charge in [0.1, 0.15) is 11.5 Å². The van der Waals surface area contributed by atoms with Gasteiger partial charge in [0.15, 0.2) is 0 Å². The van der Waals surface area contributed by atoms with Crippen LogP contribution in [0.4, 0.5) is 5.82 Å². The molecule has 1 aliphatic rings. The van der Waals surface area contributed by atoms with E-state index in [0.717, 1.165) is 64.6 Å². The molecule has 7 heteroatoms. The standard InChI is InChI=1S/C24H23Cl2N5/c25-17-3-1-15(2-4-17)14-29-22-6-5-20(26)23(31-22)18-9-12-28-24-19(18)13-21(30-24)16-7-10-27-11-8-16/h1-6,9,12-13,16,27H,7-8,10-11,14H2,(H,28,30)(H,29,31). The summed E-state index contributed by atoms with van der Waals surface area (Å²) in [6, 6.07) is 15.8. The van der Waals surface area contributed by atoms with E-state index in [1.165, 1.54) is 5.69 Å². The largest absolute Gasteiger partial charge is 0.366 e. The number of hydrogen-bond acceptors (Lipinski definition) is 4. The molecule has 4 heterocycles. The zero-order chi connectivity index (χ0) is 21.2. The summed E-state index contributed by atoms with van der Waals surface area (Å²) in [6.07, 6.45) is 4.07. The van der Waals surface area contributed by atoms with Crippen molar-refractivity contribution >= 4 is 40.1 Å². The van der Waals surface area contributed by atoms with Crippen LogP contribution in [0.15, 0.2) is 54.7 Å². The first-order valence-electron chi connectivity index (χ1n) is 10.5. The van der Waals surface area contributed by atoms with Gasteiger partial charge < -0.3 is 15.6 Å². The predicted molar refractivity (Wildman–Crippen MR) is 128 cm³/mol. The maximum atomic E-state index is 6.58. The van der Waals surface area contributed by atoms with Crippen molar-refractivity contribution in [2.75, 3.05) is 18.4 Å². The molecule has 3 aromatic heterocycles. The number of nitrogens with one attached hydrogen (secondary N) is 3. The Morgan fingerprint density at radius 1 is 1.00 bits per heavy atom. The summed E-state index contributed by atoms with van der Waals surface area (Å²) < 4.78 is 0. The van der Waals surface area contributed by atoms with Crippen LogP contribution in [0.2, 0.25) is 10.0 Å². The van der Waals surface area contributed by atoms with E-state index in [2.05, 4.69) is 26.7 Å². The Morgan fingerprint density at radius 3 is 2.61 bits per heavy atom. The Kier molecular flexibility index (Phi) is 5.81. The Labute approximate surface area is 191 Å². The van der Waals surface area contributed by atoms with Crippen molar-refractivity contribution in [1.29, 1.82) is 0 Å². The molecule has 0 saturated carbocycles. The molecule has 1 saturated heterocycles. The number of rotatable bonds is 5. The predicted octanol–water partition coefficient (Wildman–Crippen LogP) is 6.01. The Balaban J connectivity index is 1.45. The van der Waals surface area contributed by atoms with E-state index in [-0.39, 0.29) is 0 Å². The molecular formula is C24H23Cl2N5. The molecule has 3 N–H and O–H groups in total. The van der Waals surface area contributed by atoms with Crippen molar-refractivity contribution in [3.05, 3.63) is 76.0 Å². The number of aromatic amines is 1. The molecule has 1 fully saturated rings. The van der Waals surface area contributed by atoms with Gasteiger partial charge in [-0.25, -0.2) is 9.97 Å². The van der Waals surface area contributed by atoms with Crippen molar-refractivity contribution in [2.45, 2.75) is 25.3 Å². The van der Waals surface area contributed by atoms with Gasteiger partial charge in [0, 0.05) is 40.3 Å². The lowest BCUT2D eigenvalue weighted by Crippen LogP contribution is -2.26. The first-order valence-corrected chi connectivity index (χ1v) is 11.3. The summed E-state index contributed by atoms with van der Waals surface area (Å²) in [5, 5.41) is 9.21. The number of nitrogens with zero attached hydrogens (tertiary/aromatic N) is 2. The number of fused-ring (bicyclic) bond motifs is 1. The average molecular weight is 452 g/mol. The van der Waals surface area contributed by atoms with Gasteiger partial charge in [-0.1, -0.05) is 35.3 Å². The maximum Gasteiger partial charge on any atom is 0.138 e. The van der Waals surface area contributed by atoms with Crippen LogP contribution in [-0.4, -0.2) is 28.0 Å². The lowest BCUT2D eigenvalue weighted by molar-refractivity contribution is 0.455. The summed E-state index contributed by atoms with van der Waals surface area (Å²) in [6.45, 7) is 2.76. The third-order valence-corrected chi connectivity index (χ3v) is 6.38. The average Bonchev–Trinajstić information content (AvgIpc) is 3.25. The second-order valence-electron chi connectivity index (χ2n) is 7.88. The Hall–Kier alpha value is -2.60. The van der Waals surface area contributed by atoms with Crippen molar-refractivity contribution in [3.8, 4) is 11.3 Å².